The van der Waals surface area contributed by atoms with E-state index in [1.807, 2.05) is 12.1 Å². The van der Waals surface area contributed by atoms with Gasteiger partial charge in [0.1, 0.15) is 11.3 Å². The SMILES string of the molecule is COc1ccc(Cl)cc1N1CCN(C(=O)CC[C@@]2(C)NC(=O)NC2=O)CC1. The van der Waals surface area contributed by atoms with Crippen molar-refractivity contribution in [3.8, 4) is 5.75 Å². The number of nitrogens with zero attached hydrogens (tertiary/aromatic N) is 2. The summed E-state index contributed by atoms with van der Waals surface area (Å²) in [7, 11) is 1.62. The fourth-order valence-electron chi connectivity index (χ4n) is 3.38. The molecule has 1 atom stereocenters. The van der Waals surface area contributed by atoms with Crippen LogP contribution in [0.15, 0.2) is 18.2 Å². The van der Waals surface area contributed by atoms with Gasteiger partial charge in [0.05, 0.1) is 12.8 Å². The summed E-state index contributed by atoms with van der Waals surface area (Å²) in [6.45, 7) is 4.10. The molecule has 27 heavy (non-hydrogen) atoms. The van der Waals surface area contributed by atoms with Crippen LogP contribution < -0.4 is 20.3 Å². The van der Waals surface area contributed by atoms with Crippen LogP contribution in [0.3, 0.4) is 0 Å². The molecule has 2 aliphatic heterocycles. The third-order valence-corrected chi connectivity index (χ3v) is 5.31. The van der Waals surface area contributed by atoms with Gasteiger partial charge in [-0.2, -0.15) is 0 Å². The quantitative estimate of drug-likeness (QED) is 0.736. The molecule has 1 aromatic rings. The van der Waals surface area contributed by atoms with Crippen LogP contribution in [0.5, 0.6) is 5.75 Å². The van der Waals surface area contributed by atoms with Gasteiger partial charge in [-0.1, -0.05) is 11.6 Å². The van der Waals surface area contributed by atoms with Crippen molar-refractivity contribution >= 4 is 35.1 Å². The van der Waals surface area contributed by atoms with Gasteiger partial charge in [0.15, 0.2) is 0 Å². The van der Waals surface area contributed by atoms with E-state index < -0.39 is 17.5 Å². The Labute approximate surface area is 162 Å². The van der Waals surface area contributed by atoms with E-state index >= 15 is 0 Å². The minimum absolute atomic E-state index is 0.0251. The standard InChI is InChI=1S/C18H23ClN4O4/c1-18(16(25)20-17(26)21-18)6-5-15(24)23-9-7-22(8-10-23)13-11-12(19)3-4-14(13)27-2/h3-4,11H,5-10H2,1-2H3,(H2,20,21,25,26)/t18-/m1/s1. The second-order valence-electron chi connectivity index (χ2n) is 6.92. The maximum absolute atomic E-state index is 12.5. The molecule has 0 unspecified atom stereocenters. The van der Waals surface area contributed by atoms with Crippen LogP contribution in [-0.2, 0) is 9.59 Å². The molecule has 9 heteroatoms. The Hall–Kier alpha value is -2.48. The number of nitrogens with one attached hydrogen (secondary N) is 2. The van der Waals surface area contributed by atoms with Crippen molar-refractivity contribution in [3.63, 3.8) is 0 Å². The van der Waals surface area contributed by atoms with E-state index in [-0.39, 0.29) is 18.7 Å². The maximum atomic E-state index is 12.5. The highest BCUT2D eigenvalue weighted by Gasteiger charge is 2.42. The first kappa shape index (κ1) is 19.3. The van der Waals surface area contributed by atoms with Crippen molar-refractivity contribution in [2.45, 2.75) is 25.3 Å². The number of rotatable bonds is 5. The number of ether oxygens (including phenoxy) is 1. The molecule has 0 spiro atoms. The molecule has 0 aliphatic carbocycles. The van der Waals surface area contributed by atoms with E-state index in [9.17, 15) is 14.4 Å². The number of carbonyl (C=O) groups is 3. The van der Waals surface area contributed by atoms with E-state index in [0.29, 0.717) is 31.2 Å². The van der Waals surface area contributed by atoms with E-state index in [0.717, 1.165) is 11.4 Å². The lowest BCUT2D eigenvalue weighted by Gasteiger charge is -2.37. The van der Waals surface area contributed by atoms with Crippen LogP contribution in [0, 0.1) is 0 Å². The highest BCUT2D eigenvalue weighted by Crippen LogP contribution is 2.32. The molecule has 8 nitrogen and oxygen atoms in total. The van der Waals surface area contributed by atoms with Gasteiger partial charge in [-0.3, -0.25) is 14.9 Å². The third-order valence-electron chi connectivity index (χ3n) is 5.07. The largest absolute Gasteiger partial charge is 0.495 e. The molecule has 0 radical (unpaired) electrons. The summed E-state index contributed by atoms with van der Waals surface area (Å²) in [5, 5.41) is 5.42. The lowest BCUT2D eigenvalue weighted by Crippen LogP contribution is -2.50. The molecule has 0 aromatic heterocycles. The summed E-state index contributed by atoms with van der Waals surface area (Å²) in [6.07, 6.45) is 0.469. The number of halogens is 1. The van der Waals surface area contributed by atoms with Gasteiger partial charge in [0, 0.05) is 37.6 Å². The Balaban J connectivity index is 1.55. The van der Waals surface area contributed by atoms with Gasteiger partial charge in [-0.25, -0.2) is 4.79 Å². The summed E-state index contributed by atoms with van der Waals surface area (Å²) in [6, 6.07) is 4.96. The predicted octanol–water partition coefficient (Wildman–Crippen LogP) is 1.38. The molecule has 4 amide bonds. The Morgan fingerprint density at radius 3 is 2.56 bits per heavy atom. The number of urea groups is 1. The molecule has 2 fully saturated rings. The number of amides is 4. The summed E-state index contributed by atoms with van der Waals surface area (Å²) in [4.78, 5) is 39.6. The minimum Gasteiger partial charge on any atom is -0.495 e. The molecule has 2 heterocycles. The zero-order valence-electron chi connectivity index (χ0n) is 15.4. The summed E-state index contributed by atoms with van der Waals surface area (Å²) >= 11 is 6.10. The second kappa shape index (κ2) is 7.64. The van der Waals surface area contributed by atoms with Crippen molar-refractivity contribution in [1.29, 1.82) is 0 Å². The average molecular weight is 395 g/mol. The van der Waals surface area contributed by atoms with E-state index in [2.05, 4.69) is 15.5 Å². The molecular formula is C18H23ClN4O4. The van der Waals surface area contributed by atoms with Crippen molar-refractivity contribution in [1.82, 2.24) is 15.5 Å². The fourth-order valence-corrected chi connectivity index (χ4v) is 3.54. The van der Waals surface area contributed by atoms with Gasteiger partial charge >= 0.3 is 6.03 Å². The summed E-state index contributed by atoms with van der Waals surface area (Å²) < 4.78 is 5.40. The first-order chi connectivity index (χ1) is 12.8. The lowest BCUT2D eigenvalue weighted by molar-refractivity contribution is -0.132. The number of hydrogen-bond donors (Lipinski definition) is 2. The highest BCUT2D eigenvalue weighted by atomic mass is 35.5. The third kappa shape index (κ3) is 4.10. The Morgan fingerprint density at radius 1 is 1.26 bits per heavy atom. The molecule has 1 aromatic carbocycles. The highest BCUT2D eigenvalue weighted by molar-refractivity contribution is 6.31. The number of methoxy groups -OCH3 is 1. The summed E-state index contributed by atoms with van der Waals surface area (Å²) in [5.41, 5.74) is -0.113. The smallest absolute Gasteiger partial charge is 0.322 e. The maximum Gasteiger partial charge on any atom is 0.322 e. The average Bonchev–Trinajstić information content (AvgIpc) is 2.92. The van der Waals surface area contributed by atoms with Gasteiger partial charge in [0.2, 0.25) is 5.91 Å². The molecule has 0 bridgehead atoms. The van der Waals surface area contributed by atoms with Gasteiger partial charge < -0.3 is 19.9 Å². The first-order valence-electron chi connectivity index (χ1n) is 8.82. The monoisotopic (exact) mass is 394 g/mol. The zero-order chi connectivity index (χ0) is 19.6. The number of hydrogen-bond acceptors (Lipinski definition) is 5. The van der Waals surface area contributed by atoms with Crippen LogP contribution in [0.4, 0.5) is 10.5 Å². The van der Waals surface area contributed by atoms with Gasteiger partial charge in [0.25, 0.3) is 5.91 Å². The van der Waals surface area contributed by atoms with Crippen LogP contribution in [0.25, 0.3) is 0 Å². The number of anilines is 1. The van der Waals surface area contributed by atoms with E-state index in [4.69, 9.17) is 16.3 Å². The molecule has 146 valence electrons. The Kier molecular flexibility index (Phi) is 5.46. The van der Waals surface area contributed by atoms with E-state index in [1.165, 1.54) is 0 Å². The molecule has 3 rings (SSSR count). The van der Waals surface area contributed by atoms with Gasteiger partial charge in [-0.05, 0) is 31.5 Å². The minimum atomic E-state index is -1.03. The molecule has 0 saturated carbocycles. The van der Waals surface area contributed by atoms with Crippen molar-refractivity contribution in [2.24, 2.45) is 0 Å². The topological polar surface area (TPSA) is 91.0 Å². The van der Waals surface area contributed by atoms with E-state index in [1.54, 1.807) is 25.0 Å². The predicted molar refractivity (Wildman–Crippen MR) is 101 cm³/mol. The van der Waals surface area contributed by atoms with Crippen molar-refractivity contribution in [3.05, 3.63) is 23.2 Å². The lowest BCUT2D eigenvalue weighted by atomic mass is 9.96. The molecular weight excluding hydrogens is 372 g/mol. The van der Waals surface area contributed by atoms with Crippen LogP contribution >= 0.6 is 11.6 Å². The van der Waals surface area contributed by atoms with Crippen molar-refractivity contribution in [2.75, 3.05) is 38.2 Å². The Bertz CT molecular complexity index is 764. The zero-order valence-corrected chi connectivity index (χ0v) is 16.1. The molecule has 2 saturated heterocycles. The summed E-state index contributed by atoms with van der Waals surface area (Å²) in [5.74, 6) is 0.330. The number of benzene rings is 1. The Morgan fingerprint density at radius 2 is 1.96 bits per heavy atom. The number of imide groups is 1. The fraction of sp³-hybridized carbons (Fsp3) is 0.500. The first-order valence-corrected chi connectivity index (χ1v) is 9.20. The molecule has 2 N–H and O–H groups in total. The normalized spacial score (nSPS) is 22.5. The second-order valence-corrected chi connectivity index (χ2v) is 7.36. The van der Waals surface area contributed by atoms with Crippen LogP contribution in [-0.4, -0.2) is 61.6 Å². The van der Waals surface area contributed by atoms with Crippen molar-refractivity contribution < 1.29 is 19.1 Å². The van der Waals surface area contributed by atoms with Crippen LogP contribution in [0.2, 0.25) is 5.02 Å². The number of carbonyl (C=O) groups excluding carboxylic acids is 3. The molecule has 2 aliphatic rings. The van der Waals surface area contributed by atoms with Crippen LogP contribution in [0.1, 0.15) is 19.8 Å². The number of piperazine rings is 1. The van der Waals surface area contributed by atoms with Gasteiger partial charge in [-0.15, -0.1) is 0 Å².